The van der Waals surface area contributed by atoms with Crippen molar-refractivity contribution in [2.24, 2.45) is 52.3 Å². The van der Waals surface area contributed by atoms with Crippen molar-refractivity contribution in [3.63, 3.8) is 0 Å². The van der Waals surface area contributed by atoms with Gasteiger partial charge in [-0.15, -0.1) is 0 Å². The fraction of sp³-hybridized carbons (Fsp3) is 0.900. The first-order valence-electron chi connectivity index (χ1n) is 14.0. The van der Waals surface area contributed by atoms with Gasteiger partial charge in [0.2, 0.25) is 0 Å². The van der Waals surface area contributed by atoms with Crippen LogP contribution in [0.3, 0.4) is 0 Å². The number of aliphatic hydroxyl groups is 3. The molecule has 3 aliphatic rings. The van der Waals surface area contributed by atoms with E-state index in [-0.39, 0.29) is 53.1 Å². The van der Waals surface area contributed by atoms with E-state index in [2.05, 4.69) is 47.6 Å². The van der Waals surface area contributed by atoms with E-state index in [1.54, 1.807) is 0 Å². The normalized spacial score (nSPS) is 44.1. The van der Waals surface area contributed by atoms with Gasteiger partial charge in [-0.3, -0.25) is 4.79 Å². The Labute approximate surface area is 208 Å². The van der Waals surface area contributed by atoms with Crippen molar-refractivity contribution in [3.8, 4) is 0 Å². The number of carbonyl (C=O) groups excluding carboxylic acids is 1. The molecule has 3 fully saturated rings. The third kappa shape index (κ3) is 4.57. The number of aliphatic hydroxyl groups excluding tert-OH is 2. The van der Waals surface area contributed by atoms with Crippen LogP contribution in [0.4, 0.5) is 0 Å². The van der Waals surface area contributed by atoms with E-state index < -0.39 is 5.60 Å². The Hall–Kier alpha value is -0.710. The molecule has 0 aromatic carbocycles. The molecule has 0 aromatic heterocycles. The quantitative estimate of drug-likeness (QED) is 0.407. The van der Waals surface area contributed by atoms with Gasteiger partial charge in [0.25, 0.3) is 0 Å². The largest absolute Gasteiger partial charge is 0.396 e. The summed E-state index contributed by atoms with van der Waals surface area (Å²) in [5.74, 6) is 2.04. The van der Waals surface area contributed by atoms with E-state index in [4.69, 9.17) is 0 Å². The zero-order chi connectivity index (χ0) is 25.6. The Bertz CT molecular complexity index is 770. The summed E-state index contributed by atoms with van der Waals surface area (Å²) in [5.41, 5.74) is -0.232. The van der Waals surface area contributed by atoms with E-state index in [0.29, 0.717) is 17.6 Å². The van der Waals surface area contributed by atoms with Crippen LogP contribution < -0.4 is 0 Å². The molecule has 3 aliphatic carbocycles. The van der Waals surface area contributed by atoms with Gasteiger partial charge in [-0.05, 0) is 105 Å². The number of ketones is 1. The molecule has 4 heteroatoms. The number of Topliss-reactive ketones (excluding diaryl/α,β-unsaturated/α-hetero) is 1. The first-order chi connectivity index (χ1) is 15.7. The third-order valence-electron chi connectivity index (χ3n) is 11.4. The van der Waals surface area contributed by atoms with Crippen LogP contribution in [-0.4, -0.2) is 39.4 Å². The predicted octanol–water partition coefficient (Wildman–Crippen LogP) is 5.78. The van der Waals surface area contributed by atoms with Crippen molar-refractivity contribution in [2.75, 3.05) is 6.61 Å². The highest BCUT2D eigenvalue weighted by molar-refractivity contribution is 5.88. The maximum atomic E-state index is 14.1. The summed E-state index contributed by atoms with van der Waals surface area (Å²) in [6.07, 6.45) is 8.26. The van der Waals surface area contributed by atoms with Gasteiger partial charge < -0.3 is 15.3 Å². The molecule has 10 atom stereocenters. The van der Waals surface area contributed by atoms with Crippen LogP contribution in [0.15, 0.2) is 11.6 Å². The molecule has 3 saturated carbocycles. The fourth-order valence-corrected chi connectivity index (χ4v) is 8.49. The molecule has 0 bridgehead atoms. The number of carbonyl (C=O) groups is 1. The molecule has 3 rings (SSSR count). The maximum absolute atomic E-state index is 14.1. The Morgan fingerprint density at radius 3 is 2.32 bits per heavy atom. The van der Waals surface area contributed by atoms with Gasteiger partial charge in [-0.25, -0.2) is 0 Å². The van der Waals surface area contributed by atoms with Crippen LogP contribution >= 0.6 is 0 Å². The number of hydrogen-bond acceptors (Lipinski definition) is 4. The van der Waals surface area contributed by atoms with Crippen LogP contribution in [0.5, 0.6) is 0 Å². The molecule has 4 nitrogen and oxygen atoms in total. The summed E-state index contributed by atoms with van der Waals surface area (Å²) in [6.45, 7) is 17.1. The average molecular weight is 477 g/mol. The van der Waals surface area contributed by atoms with E-state index in [1.165, 1.54) is 0 Å². The monoisotopic (exact) mass is 476 g/mol. The molecule has 0 aliphatic heterocycles. The zero-order valence-electron chi connectivity index (χ0n) is 23.1. The highest BCUT2D eigenvalue weighted by Crippen LogP contribution is 2.61. The van der Waals surface area contributed by atoms with Crippen molar-refractivity contribution in [1.29, 1.82) is 0 Å². The lowest BCUT2D eigenvalue weighted by atomic mass is 9.50. The van der Waals surface area contributed by atoms with Crippen LogP contribution in [-0.2, 0) is 4.79 Å². The van der Waals surface area contributed by atoms with Gasteiger partial charge in [-0.1, -0.05) is 47.6 Å². The summed E-state index contributed by atoms with van der Waals surface area (Å²) >= 11 is 0. The van der Waals surface area contributed by atoms with Crippen molar-refractivity contribution in [1.82, 2.24) is 0 Å². The molecule has 0 radical (unpaired) electrons. The number of allylic oxidation sites excluding steroid dienone is 1. The van der Waals surface area contributed by atoms with Gasteiger partial charge in [0.05, 0.1) is 11.7 Å². The minimum atomic E-state index is -0.829. The molecule has 1 unspecified atom stereocenters. The summed E-state index contributed by atoms with van der Waals surface area (Å²) in [4.78, 5) is 14.1. The second-order valence-electron chi connectivity index (χ2n) is 13.3. The molecule has 0 spiro atoms. The number of hydrogen-bond donors (Lipinski definition) is 3. The number of rotatable bonds is 7. The molecule has 3 N–H and O–H groups in total. The lowest BCUT2D eigenvalue weighted by Crippen LogP contribution is -2.54. The smallest absolute Gasteiger partial charge is 0.142 e. The molecule has 0 amide bonds. The van der Waals surface area contributed by atoms with E-state index in [0.717, 1.165) is 50.5 Å². The highest BCUT2D eigenvalue weighted by Gasteiger charge is 2.58. The fourth-order valence-electron chi connectivity index (χ4n) is 8.49. The van der Waals surface area contributed by atoms with Crippen LogP contribution in [0.25, 0.3) is 0 Å². The minimum absolute atomic E-state index is 0.0568. The zero-order valence-corrected chi connectivity index (χ0v) is 23.1. The molecule has 34 heavy (non-hydrogen) atoms. The highest BCUT2D eigenvalue weighted by atomic mass is 16.3. The van der Waals surface area contributed by atoms with Crippen molar-refractivity contribution in [3.05, 3.63) is 11.6 Å². The van der Waals surface area contributed by atoms with Gasteiger partial charge in [0.15, 0.2) is 0 Å². The van der Waals surface area contributed by atoms with E-state index in [9.17, 15) is 20.1 Å². The van der Waals surface area contributed by atoms with E-state index in [1.807, 2.05) is 13.8 Å². The number of fused-ring (bicyclic) bond motifs is 1. The van der Waals surface area contributed by atoms with Gasteiger partial charge in [0, 0.05) is 17.9 Å². The van der Waals surface area contributed by atoms with Crippen molar-refractivity contribution < 1.29 is 20.1 Å². The lowest BCUT2D eigenvalue weighted by molar-refractivity contribution is -0.154. The summed E-state index contributed by atoms with van der Waals surface area (Å²) < 4.78 is 0. The Morgan fingerprint density at radius 2 is 1.74 bits per heavy atom. The summed E-state index contributed by atoms with van der Waals surface area (Å²) in [7, 11) is 0. The Morgan fingerprint density at radius 1 is 1.12 bits per heavy atom. The maximum Gasteiger partial charge on any atom is 0.142 e. The Kier molecular flexibility index (Phi) is 8.18. The molecule has 0 aromatic rings. The summed E-state index contributed by atoms with van der Waals surface area (Å²) in [5, 5.41) is 31.5. The van der Waals surface area contributed by atoms with Gasteiger partial charge >= 0.3 is 0 Å². The topological polar surface area (TPSA) is 77.8 Å². The average Bonchev–Trinajstić information content (AvgIpc) is 3.09. The molecule has 0 heterocycles. The van der Waals surface area contributed by atoms with Crippen molar-refractivity contribution >= 4 is 5.78 Å². The van der Waals surface area contributed by atoms with Crippen LogP contribution in [0, 0.1) is 52.3 Å². The SMILES string of the molecule is C/C(=C\[C@@H](C)[C@H]1CC[C@@H]([C@@H]2CC[C@H]3[C@H](C)[C@@H](O)CC[C@]3(C)C2=O)[C@]1(C)CCO)C(C)(O)C(C)C. The lowest BCUT2D eigenvalue weighted by Gasteiger charge is -2.53. The van der Waals surface area contributed by atoms with E-state index >= 15 is 0 Å². The standard InChI is InChI=1S/C30H52O4/c1-18(2)30(8,34)20(4)17-19(3)23-11-12-25(28(23,6)15-16-31)22-9-10-24-21(5)26(32)13-14-29(24,7)27(22)33/h17-19,21-26,31-32,34H,9-16H2,1-8H3/b20-17+/t19-,21+,22+,23-,24+,25+,26+,28-,29+,30?/m1/s1. The first-order valence-corrected chi connectivity index (χ1v) is 14.0. The van der Waals surface area contributed by atoms with Crippen LogP contribution in [0.1, 0.15) is 100 Å². The van der Waals surface area contributed by atoms with Gasteiger partial charge in [-0.2, -0.15) is 0 Å². The summed E-state index contributed by atoms with van der Waals surface area (Å²) in [6, 6.07) is 0. The van der Waals surface area contributed by atoms with Crippen molar-refractivity contribution in [2.45, 2.75) is 112 Å². The Balaban J connectivity index is 1.87. The second-order valence-corrected chi connectivity index (χ2v) is 13.3. The molecular formula is C30H52O4. The second kappa shape index (κ2) is 9.98. The minimum Gasteiger partial charge on any atom is -0.396 e. The predicted molar refractivity (Wildman–Crippen MR) is 138 cm³/mol. The first kappa shape index (κ1) is 27.9. The molecule has 196 valence electrons. The van der Waals surface area contributed by atoms with Gasteiger partial charge in [0.1, 0.15) is 5.78 Å². The molecule has 0 saturated heterocycles. The third-order valence-corrected chi connectivity index (χ3v) is 11.4. The van der Waals surface area contributed by atoms with Crippen LogP contribution in [0.2, 0.25) is 0 Å². The molecular weight excluding hydrogens is 424 g/mol.